The zero-order chi connectivity index (χ0) is 19.1. The summed E-state index contributed by atoms with van der Waals surface area (Å²) in [5.74, 6) is 1.38. The zero-order valence-corrected chi connectivity index (χ0v) is 17.1. The van der Waals surface area contributed by atoms with E-state index in [0.717, 1.165) is 22.6 Å². The molecule has 0 aromatic heterocycles. The number of benzene rings is 2. The van der Waals surface area contributed by atoms with Crippen molar-refractivity contribution in [3.63, 3.8) is 0 Å². The van der Waals surface area contributed by atoms with Gasteiger partial charge < -0.3 is 10.1 Å². The van der Waals surface area contributed by atoms with Crippen molar-refractivity contribution in [3.8, 4) is 5.75 Å². The molecule has 0 fully saturated rings. The van der Waals surface area contributed by atoms with Gasteiger partial charge in [-0.15, -0.1) is 11.8 Å². The van der Waals surface area contributed by atoms with Crippen LogP contribution in [0.3, 0.4) is 0 Å². The monoisotopic (exact) mass is 371 g/mol. The number of carbonyl (C=O) groups excluding carboxylic acids is 1. The molecule has 3 nitrogen and oxygen atoms in total. The fraction of sp³-hybridized carbons (Fsp3) is 0.409. The minimum atomic E-state index is -0.148. The molecule has 0 heterocycles. The Morgan fingerprint density at radius 2 is 1.65 bits per heavy atom. The van der Waals surface area contributed by atoms with Gasteiger partial charge in [0.1, 0.15) is 5.75 Å². The summed E-state index contributed by atoms with van der Waals surface area (Å²) in [6, 6.07) is 16.2. The Kier molecular flexibility index (Phi) is 7.58. The van der Waals surface area contributed by atoms with Crippen LogP contribution in [0.1, 0.15) is 44.4 Å². The third kappa shape index (κ3) is 6.10. The summed E-state index contributed by atoms with van der Waals surface area (Å²) in [5.41, 5.74) is 2.34. The zero-order valence-electron chi connectivity index (χ0n) is 16.3. The Hall–Kier alpha value is -1.94. The molecule has 0 radical (unpaired) electrons. The Balaban J connectivity index is 2.05. The number of hydrogen-bond donors (Lipinski definition) is 1. The highest BCUT2D eigenvalue weighted by Gasteiger charge is 2.21. The normalized spacial score (nSPS) is 13.3. The van der Waals surface area contributed by atoms with Crippen LogP contribution in [0.25, 0.3) is 0 Å². The smallest absolute Gasteiger partial charge is 0.233 e. The van der Waals surface area contributed by atoms with Crippen LogP contribution in [0.4, 0.5) is 0 Å². The van der Waals surface area contributed by atoms with Crippen molar-refractivity contribution >= 4 is 17.7 Å². The average molecular weight is 372 g/mol. The van der Waals surface area contributed by atoms with Crippen molar-refractivity contribution in [3.05, 3.63) is 59.7 Å². The highest BCUT2D eigenvalue weighted by Crippen LogP contribution is 2.27. The average Bonchev–Trinajstić information content (AvgIpc) is 2.62. The van der Waals surface area contributed by atoms with E-state index in [1.54, 1.807) is 18.9 Å². The summed E-state index contributed by atoms with van der Waals surface area (Å²) in [7, 11) is 1.66. The van der Waals surface area contributed by atoms with Crippen LogP contribution in [-0.4, -0.2) is 18.3 Å². The quantitative estimate of drug-likeness (QED) is 0.633. The van der Waals surface area contributed by atoms with Gasteiger partial charge in [-0.3, -0.25) is 4.79 Å². The van der Waals surface area contributed by atoms with Crippen LogP contribution >= 0.6 is 11.8 Å². The Morgan fingerprint density at radius 1 is 1.04 bits per heavy atom. The molecule has 140 valence electrons. The maximum Gasteiger partial charge on any atom is 0.233 e. The SMILES string of the molecule is COc1ccc([C@@H](CC(C)C)NC(=O)[C@@H](C)Sc2ccc(C)cc2)cc1. The highest BCUT2D eigenvalue weighted by molar-refractivity contribution is 8.00. The van der Waals surface area contributed by atoms with Gasteiger partial charge in [0.15, 0.2) is 0 Å². The summed E-state index contributed by atoms with van der Waals surface area (Å²) >= 11 is 1.59. The maximum absolute atomic E-state index is 12.7. The van der Waals surface area contributed by atoms with Gasteiger partial charge in [-0.1, -0.05) is 43.7 Å². The molecular weight excluding hydrogens is 342 g/mol. The van der Waals surface area contributed by atoms with Gasteiger partial charge in [-0.2, -0.15) is 0 Å². The highest BCUT2D eigenvalue weighted by atomic mass is 32.2. The molecule has 2 atom stereocenters. The second kappa shape index (κ2) is 9.67. The molecule has 4 heteroatoms. The Bertz CT molecular complexity index is 695. The summed E-state index contributed by atoms with van der Waals surface area (Å²) in [4.78, 5) is 13.9. The molecule has 0 unspecified atom stereocenters. The number of nitrogens with one attached hydrogen (secondary N) is 1. The first-order valence-corrected chi connectivity index (χ1v) is 9.94. The number of aryl methyl sites for hydroxylation is 1. The van der Waals surface area contributed by atoms with Gasteiger partial charge in [-0.25, -0.2) is 0 Å². The summed E-state index contributed by atoms with van der Waals surface area (Å²) < 4.78 is 5.23. The molecule has 26 heavy (non-hydrogen) atoms. The predicted octanol–water partition coefficient (Wildman–Crippen LogP) is 5.39. The molecule has 0 spiro atoms. The Labute approximate surface area is 161 Å². The van der Waals surface area contributed by atoms with Crippen molar-refractivity contribution < 1.29 is 9.53 Å². The molecule has 0 aliphatic carbocycles. The number of thioether (sulfide) groups is 1. The fourth-order valence-corrected chi connectivity index (χ4v) is 3.63. The van der Waals surface area contributed by atoms with Crippen LogP contribution in [0, 0.1) is 12.8 Å². The van der Waals surface area contributed by atoms with Crippen molar-refractivity contribution in [1.29, 1.82) is 0 Å². The molecule has 0 saturated carbocycles. The van der Waals surface area contributed by atoms with Crippen LogP contribution in [0.2, 0.25) is 0 Å². The summed E-state index contributed by atoms with van der Waals surface area (Å²) in [6.07, 6.45) is 0.903. The van der Waals surface area contributed by atoms with E-state index >= 15 is 0 Å². The fourth-order valence-electron chi connectivity index (χ4n) is 2.75. The minimum Gasteiger partial charge on any atom is -0.497 e. The number of ether oxygens (including phenoxy) is 1. The number of hydrogen-bond acceptors (Lipinski definition) is 3. The van der Waals surface area contributed by atoms with E-state index in [1.165, 1.54) is 5.56 Å². The van der Waals surface area contributed by atoms with Crippen LogP contribution < -0.4 is 10.1 Å². The van der Waals surface area contributed by atoms with E-state index in [1.807, 2.05) is 31.2 Å². The van der Waals surface area contributed by atoms with E-state index in [2.05, 4.69) is 50.4 Å². The number of methoxy groups -OCH3 is 1. The summed E-state index contributed by atoms with van der Waals surface area (Å²) in [6.45, 7) is 8.37. The molecule has 2 rings (SSSR count). The van der Waals surface area contributed by atoms with Crippen molar-refractivity contribution in [2.75, 3.05) is 7.11 Å². The number of rotatable bonds is 8. The summed E-state index contributed by atoms with van der Waals surface area (Å²) in [5, 5.41) is 3.09. The lowest BCUT2D eigenvalue weighted by Crippen LogP contribution is -2.35. The molecule has 1 N–H and O–H groups in total. The van der Waals surface area contributed by atoms with Gasteiger partial charge >= 0.3 is 0 Å². The van der Waals surface area contributed by atoms with Crippen LogP contribution in [0.5, 0.6) is 5.75 Å². The van der Waals surface area contributed by atoms with Crippen molar-refractivity contribution in [2.24, 2.45) is 5.92 Å². The van der Waals surface area contributed by atoms with Crippen LogP contribution in [0.15, 0.2) is 53.4 Å². The topological polar surface area (TPSA) is 38.3 Å². The first kappa shape index (κ1) is 20.4. The predicted molar refractivity (Wildman–Crippen MR) is 110 cm³/mol. The third-order valence-corrected chi connectivity index (χ3v) is 5.36. The standard InChI is InChI=1S/C22H29NO2S/c1-15(2)14-21(18-8-10-19(25-5)11-9-18)23-22(24)17(4)26-20-12-6-16(3)7-13-20/h6-13,15,17,21H,14H2,1-5H3,(H,23,24)/t17-,21-/m1/s1. The molecule has 0 aliphatic heterocycles. The molecule has 1 amide bonds. The van der Waals surface area contributed by atoms with Crippen LogP contribution in [-0.2, 0) is 4.79 Å². The Morgan fingerprint density at radius 3 is 2.19 bits per heavy atom. The second-order valence-corrected chi connectivity index (χ2v) is 8.45. The largest absolute Gasteiger partial charge is 0.497 e. The van der Waals surface area contributed by atoms with Gasteiger partial charge in [0.2, 0.25) is 5.91 Å². The number of amides is 1. The lowest BCUT2D eigenvalue weighted by Gasteiger charge is -2.23. The molecule has 2 aromatic rings. The van der Waals surface area contributed by atoms with E-state index < -0.39 is 0 Å². The molecule has 0 bridgehead atoms. The lowest BCUT2D eigenvalue weighted by molar-refractivity contribution is -0.121. The van der Waals surface area contributed by atoms with E-state index in [-0.39, 0.29) is 17.2 Å². The van der Waals surface area contributed by atoms with Gasteiger partial charge in [0.25, 0.3) is 0 Å². The van der Waals surface area contributed by atoms with Gasteiger partial charge in [-0.05, 0) is 56.0 Å². The maximum atomic E-state index is 12.7. The van der Waals surface area contributed by atoms with E-state index in [4.69, 9.17) is 4.74 Å². The first-order chi connectivity index (χ1) is 12.4. The van der Waals surface area contributed by atoms with Crippen molar-refractivity contribution in [2.45, 2.75) is 50.3 Å². The third-order valence-electron chi connectivity index (χ3n) is 4.24. The second-order valence-electron chi connectivity index (χ2n) is 7.04. The first-order valence-electron chi connectivity index (χ1n) is 9.06. The molecular formula is C22H29NO2S. The molecule has 0 saturated heterocycles. The number of carbonyl (C=O) groups is 1. The lowest BCUT2D eigenvalue weighted by atomic mass is 9.96. The van der Waals surface area contributed by atoms with Gasteiger partial charge in [0.05, 0.1) is 18.4 Å². The van der Waals surface area contributed by atoms with Gasteiger partial charge in [0, 0.05) is 4.90 Å². The molecule has 2 aromatic carbocycles. The van der Waals surface area contributed by atoms with E-state index in [9.17, 15) is 4.79 Å². The van der Waals surface area contributed by atoms with E-state index in [0.29, 0.717) is 5.92 Å². The van der Waals surface area contributed by atoms with Crippen molar-refractivity contribution in [1.82, 2.24) is 5.32 Å². The minimum absolute atomic E-state index is 0.00877. The molecule has 0 aliphatic rings.